The summed E-state index contributed by atoms with van der Waals surface area (Å²) in [7, 11) is 3.29. The highest BCUT2D eigenvalue weighted by molar-refractivity contribution is 6.07. The Morgan fingerprint density at radius 3 is 2.40 bits per heavy atom. The van der Waals surface area contributed by atoms with Crippen LogP contribution in [0.4, 0.5) is 17.2 Å². The van der Waals surface area contributed by atoms with E-state index in [2.05, 4.69) is 26.3 Å². The topological polar surface area (TPSA) is 223 Å². The van der Waals surface area contributed by atoms with Gasteiger partial charge < -0.3 is 49.6 Å². The Labute approximate surface area is 366 Å². The highest BCUT2D eigenvalue weighted by atomic mass is 16.5. The van der Waals surface area contributed by atoms with Crippen molar-refractivity contribution < 1.29 is 47.7 Å². The number of fused-ring (bicyclic) bond motifs is 2. The number of ether oxygens (including phenoxy) is 4. The highest BCUT2D eigenvalue weighted by Gasteiger charge is 2.40. The van der Waals surface area contributed by atoms with Gasteiger partial charge in [-0.25, -0.2) is 9.97 Å². The zero-order valence-corrected chi connectivity index (χ0v) is 36.5. The van der Waals surface area contributed by atoms with Crippen molar-refractivity contribution >= 4 is 52.6 Å². The van der Waals surface area contributed by atoms with Gasteiger partial charge in [0.2, 0.25) is 23.6 Å². The maximum absolute atomic E-state index is 13.0. The lowest BCUT2D eigenvalue weighted by atomic mass is 10.0. The number of likely N-dealkylation sites (N-methyl/N-ethyl adjacent to an activating group) is 1. The Morgan fingerprint density at radius 1 is 0.952 bits per heavy atom. The molecule has 2 atom stereocenters. The molecule has 0 radical (unpaired) electrons. The summed E-state index contributed by atoms with van der Waals surface area (Å²) in [6, 6.07) is 9.34. The molecule has 3 aliphatic rings. The van der Waals surface area contributed by atoms with Gasteiger partial charge in [0, 0.05) is 86.5 Å². The van der Waals surface area contributed by atoms with Gasteiger partial charge in [0.25, 0.3) is 11.8 Å². The minimum Gasteiger partial charge on any atom is -0.496 e. The molecule has 2 aromatic carbocycles. The lowest BCUT2D eigenvalue weighted by Gasteiger charge is -2.41. The maximum Gasteiger partial charge on any atom is 0.255 e. The second-order valence-corrected chi connectivity index (χ2v) is 15.6. The summed E-state index contributed by atoms with van der Waals surface area (Å²) in [5, 5.41) is 11.2. The van der Waals surface area contributed by atoms with Crippen LogP contribution in [0.15, 0.2) is 42.6 Å². The van der Waals surface area contributed by atoms with Gasteiger partial charge in [-0.3, -0.25) is 34.1 Å². The summed E-state index contributed by atoms with van der Waals surface area (Å²) in [5.74, 6) is 0.208. The zero-order chi connectivity index (χ0) is 45.0. The van der Waals surface area contributed by atoms with Crippen LogP contribution in [0.25, 0.3) is 0 Å². The SMILES string of the molecule is COc1cc(C(=O)NCCOCCOCCOCCNCCC(=O)Nc2cccc3c2CN(C2CCC(=O)NC2=O)C3=O)ccc1Cc1ncc2c(n1)N(C(C)C)[C@H](C)C(=O)N2C. The van der Waals surface area contributed by atoms with E-state index >= 15 is 0 Å². The monoisotopic (exact) mass is 871 g/mol. The number of carbonyl (C=O) groups excluding carboxylic acids is 6. The lowest BCUT2D eigenvalue weighted by molar-refractivity contribution is -0.137. The number of methoxy groups -OCH3 is 1. The predicted molar refractivity (Wildman–Crippen MR) is 232 cm³/mol. The van der Waals surface area contributed by atoms with E-state index in [1.165, 1.54) is 4.90 Å². The summed E-state index contributed by atoms with van der Waals surface area (Å²) >= 11 is 0. The van der Waals surface area contributed by atoms with Crippen molar-refractivity contribution in [2.75, 3.05) is 88.5 Å². The highest BCUT2D eigenvalue weighted by Crippen LogP contribution is 2.35. The molecule has 4 N–H and O–H groups in total. The average molecular weight is 872 g/mol. The molecule has 338 valence electrons. The quantitative estimate of drug-likeness (QED) is 0.0836. The Morgan fingerprint density at radius 2 is 1.68 bits per heavy atom. The molecular weight excluding hydrogens is 815 g/mol. The van der Waals surface area contributed by atoms with Gasteiger partial charge in [-0.05, 0) is 51.5 Å². The average Bonchev–Trinajstić information content (AvgIpc) is 3.60. The van der Waals surface area contributed by atoms with Crippen LogP contribution < -0.4 is 35.8 Å². The molecule has 3 aliphatic heterocycles. The smallest absolute Gasteiger partial charge is 0.255 e. The van der Waals surface area contributed by atoms with E-state index in [0.717, 1.165) is 5.56 Å². The zero-order valence-electron chi connectivity index (χ0n) is 36.5. The fourth-order valence-electron chi connectivity index (χ4n) is 7.78. The molecule has 19 heteroatoms. The van der Waals surface area contributed by atoms with Crippen molar-refractivity contribution in [3.05, 3.63) is 70.7 Å². The number of amides is 6. The number of nitrogens with one attached hydrogen (secondary N) is 4. The maximum atomic E-state index is 13.0. The van der Waals surface area contributed by atoms with Crippen LogP contribution in [0.5, 0.6) is 5.75 Å². The molecule has 1 aromatic heterocycles. The van der Waals surface area contributed by atoms with Crippen LogP contribution in [0, 0.1) is 0 Å². The van der Waals surface area contributed by atoms with Gasteiger partial charge in [0.15, 0.2) is 5.82 Å². The first-order valence-corrected chi connectivity index (χ1v) is 21.2. The molecule has 1 saturated heterocycles. The molecule has 3 aromatic rings. The summed E-state index contributed by atoms with van der Waals surface area (Å²) in [6.07, 6.45) is 2.70. The van der Waals surface area contributed by atoms with Crippen molar-refractivity contribution in [1.29, 1.82) is 0 Å². The third-order valence-electron chi connectivity index (χ3n) is 11.0. The van der Waals surface area contributed by atoms with Crippen LogP contribution in [-0.2, 0) is 46.4 Å². The van der Waals surface area contributed by atoms with Gasteiger partial charge in [0.05, 0.1) is 52.9 Å². The van der Waals surface area contributed by atoms with E-state index in [9.17, 15) is 28.8 Å². The number of hydrogen-bond acceptors (Lipinski definition) is 14. The summed E-state index contributed by atoms with van der Waals surface area (Å²) in [5.41, 5.74) is 3.54. The third kappa shape index (κ3) is 11.5. The Bertz CT molecular complexity index is 2170. The van der Waals surface area contributed by atoms with Gasteiger partial charge in [-0.15, -0.1) is 0 Å². The van der Waals surface area contributed by atoms with E-state index < -0.39 is 11.9 Å². The molecule has 4 heterocycles. The first-order valence-electron chi connectivity index (χ1n) is 21.2. The Balaban J connectivity index is 0.791. The van der Waals surface area contributed by atoms with Crippen LogP contribution in [0.2, 0.25) is 0 Å². The number of hydrogen-bond donors (Lipinski definition) is 4. The van der Waals surface area contributed by atoms with Gasteiger partial charge in [-0.1, -0.05) is 12.1 Å². The van der Waals surface area contributed by atoms with Crippen LogP contribution in [0.1, 0.15) is 77.7 Å². The van der Waals surface area contributed by atoms with Gasteiger partial charge in [-0.2, -0.15) is 0 Å². The van der Waals surface area contributed by atoms with Crippen molar-refractivity contribution in [1.82, 2.24) is 30.8 Å². The number of imide groups is 1. The van der Waals surface area contributed by atoms with Crippen molar-refractivity contribution in [2.24, 2.45) is 0 Å². The normalized spacial score (nSPS) is 17.2. The van der Waals surface area contributed by atoms with Gasteiger partial charge in [0.1, 0.15) is 29.3 Å². The van der Waals surface area contributed by atoms with Gasteiger partial charge >= 0.3 is 0 Å². The molecule has 0 spiro atoms. The Hall–Kier alpha value is -6.02. The number of aromatic nitrogens is 2. The second kappa shape index (κ2) is 21.9. The van der Waals surface area contributed by atoms with Crippen LogP contribution >= 0.6 is 0 Å². The standard InChI is InChI=1S/C44H57N9O10/c1-27(2)53-28(3)43(58)51(4)35-25-47-37(49-40(35)53)24-29-9-10-30(23-36(29)60-5)41(56)46-16-18-62-20-22-63-21-19-61-17-15-45-14-13-39(55)48-33-8-6-7-31-32(33)26-52(44(31)59)34-11-12-38(54)50-42(34)57/h6-10,23,25,27-28,34,45H,11-22,24,26H2,1-5H3,(H,46,56)(H,48,55)(H,50,54,57)/t28-,34?/m1/s1. The van der Waals surface area contributed by atoms with Crippen LogP contribution in [-0.4, -0.2) is 142 Å². The number of nitrogens with zero attached hydrogens (tertiary/aromatic N) is 5. The second-order valence-electron chi connectivity index (χ2n) is 15.6. The molecule has 19 nitrogen and oxygen atoms in total. The molecule has 1 fully saturated rings. The third-order valence-corrected chi connectivity index (χ3v) is 11.0. The van der Waals surface area contributed by atoms with Crippen molar-refractivity contribution in [3.63, 3.8) is 0 Å². The molecule has 6 amide bonds. The van der Waals surface area contributed by atoms with E-state index in [1.54, 1.807) is 55.6 Å². The summed E-state index contributed by atoms with van der Waals surface area (Å²) in [4.78, 5) is 89.7. The van der Waals surface area contributed by atoms with Crippen molar-refractivity contribution in [3.8, 4) is 5.75 Å². The van der Waals surface area contributed by atoms with Crippen molar-refractivity contribution in [2.45, 2.75) is 71.1 Å². The van der Waals surface area contributed by atoms with Crippen LogP contribution in [0.3, 0.4) is 0 Å². The number of benzene rings is 2. The minimum atomic E-state index is -0.725. The first kappa shape index (κ1) is 46.5. The van der Waals surface area contributed by atoms with E-state index in [4.69, 9.17) is 23.9 Å². The Kier molecular flexibility index (Phi) is 16.1. The molecule has 0 aliphatic carbocycles. The largest absolute Gasteiger partial charge is 0.496 e. The molecule has 6 rings (SSSR count). The number of piperidine rings is 1. The molecule has 0 bridgehead atoms. The summed E-state index contributed by atoms with van der Waals surface area (Å²) in [6.45, 7) is 9.63. The van der Waals surface area contributed by atoms with E-state index in [0.29, 0.717) is 111 Å². The predicted octanol–water partition coefficient (Wildman–Crippen LogP) is 1.81. The van der Waals surface area contributed by atoms with E-state index in [-0.39, 0.29) is 67.4 Å². The fourth-order valence-corrected chi connectivity index (χ4v) is 7.78. The number of carbonyl (C=O) groups is 6. The lowest BCUT2D eigenvalue weighted by Crippen LogP contribution is -2.53. The molecule has 1 unspecified atom stereocenters. The summed E-state index contributed by atoms with van der Waals surface area (Å²) < 4.78 is 22.4. The number of anilines is 3. The first-order chi connectivity index (χ1) is 30.4. The molecular formula is C44H57N9O10. The molecule has 0 saturated carbocycles. The fraction of sp³-hybridized carbons (Fsp3) is 0.500. The van der Waals surface area contributed by atoms with E-state index in [1.807, 2.05) is 31.7 Å². The molecule has 63 heavy (non-hydrogen) atoms. The minimum absolute atomic E-state index is 0.00984. The number of rotatable bonds is 22.